The molecule has 84 valence electrons. The summed E-state index contributed by atoms with van der Waals surface area (Å²) in [7, 11) is 0. The van der Waals surface area contributed by atoms with Crippen molar-refractivity contribution in [1.29, 1.82) is 0 Å². The normalized spacial score (nSPS) is 18.2. The smallest absolute Gasteiger partial charge is 0.0113 e. The molecule has 0 heterocycles. The molecule has 2 nitrogen and oxygen atoms in total. The minimum atomic E-state index is 0.256. The zero-order valence-electron chi connectivity index (χ0n) is 10.4. The molecule has 1 aliphatic carbocycles. The third kappa shape index (κ3) is 4.43. The molecule has 0 spiro atoms. The number of nitrogens with zero attached hydrogens (tertiary/aromatic N) is 1. The van der Waals surface area contributed by atoms with Crippen LogP contribution >= 0.6 is 0 Å². The van der Waals surface area contributed by atoms with Gasteiger partial charge in [0, 0.05) is 30.7 Å². The van der Waals surface area contributed by atoms with Gasteiger partial charge in [-0.2, -0.15) is 0 Å². The van der Waals surface area contributed by atoms with E-state index in [4.69, 9.17) is 0 Å². The Balaban J connectivity index is 2.20. The molecule has 0 aromatic heterocycles. The van der Waals surface area contributed by atoms with E-state index in [1.807, 2.05) is 0 Å². The molecule has 1 aliphatic rings. The third-order valence-electron chi connectivity index (χ3n) is 2.70. The van der Waals surface area contributed by atoms with Crippen molar-refractivity contribution in [2.24, 2.45) is 0 Å². The molecule has 0 unspecified atom stereocenters. The van der Waals surface area contributed by atoms with Crippen LogP contribution in [0.3, 0.4) is 0 Å². The summed E-state index contributed by atoms with van der Waals surface area (Å²) in [5.74, 6) is 0. The third-order valence-corrected chi connectivity index (χ3v) is 2.70. The number of hydrogen-bond donors (Lipinski definition) is 1. The highest BCUT2D eigenvalue weighted by Crippen LogP contribution is 2.27. The van der Waals surface area contributed by atoms with Crippen LogP contribution in [0.25, 0.3) is 0 Å². The van der Waals surface area contributed by atoms with Crippen molar-refractivity contribution >= 4 is 0 Å². The zero-order valence-corrected chi connectivity index (χ0v) is 10.4. The van der Waals surface area contributed by atoms with Gasteiger partial charge in [-0.1, -0.05) is 0 Å². The predicted molar refractivity (Wildman–Crippen MR) is 62.6 cm³/mol. The molecule has 0 atom stereocenters. The summed E-state index contributed by atoms with van der Waals surface area (Å²) < 4.78 is 0. The van der Waals surface area contributed by atoms with Crippen LogP contribution in [0.4, 0.5) is 0 Å². The topological polar surface area (TPSA) is 15.3 Å². The first kappa shape index (κ1) is 12.0. The molecule has 0 radical (unpaired) electrons. The Morgan fingerprint density at radius 1 is 1.29 bits per heavy atom. The summed E-state index contributed by atoms with van der Waals surface area (Å²) in [6.07, 6.45) is 2.82. The van der Waals surface area contributed by atoms with Crippen molar-refractivity contribution in [2.45, 2.75) is 65.1 Å². The Kier molecular flexibility index (Phi) is 3.96. The lowest BCUT2D eigenvalue weighted by atomic mass is 10.1. The highest BCUT2D eigenvalue weighted by Gasteiger charge is 2.30. The van der Waals surface area contributed by atoms with Gasteiger partial charge in [-0.05, 0) is 47.5 Å². The van der Waals surface area contributed by atoms with Gasteiger partial charge in [0.25, 0.3) is 0 Å². The van der Waals surface area contributed by atoms with Gasteiger partial charge in [0.05, 0.1) is 0 Å². The van der Waals surface area contributed by atoms with Crippen molar-refractivity contribution in [3.63, 3.8) is 0 Å². The highest BCUT2D eigenvalue weighted by atomic mass is 15.2. The molecular formula is C12H26N2. The summed E-state index contributed by atoms with van der Waals surface area (Å²) >= 11 is 0. The predicted octanol–water partition coefficient (Wildman–Crippen LogP) is 2.25. The molecule has 14 heavy (non-hydrogen) atoms. The first-order chi connectivity index (χ1) is 6.40. The summed E-state index contributed by atoms with van der Waals surface area (Å²) in [4.78, 5) is 2.62. The Hall–Kier alpha value is -0.0800. The van der Waals surface area contributed by atoms with Gasteiger partial charge in [-0.3, -0.25) is 4.90 Å². The van der Waals surface area contributed by atoms with Crippen LogP contribution in [0, 0.1) is 0 Å². The second-order valence-electron chi connectivity index (χ2n) is 5.74. The summed E-state index contributed by atoms with van der Waals surface area (Å²) in [6, 6.07) is 1.58. The lowest BCUT2D eigenvalue weighted by Crippen LogP contribution is -2.44. The van der Waals surface area contributed by atoms with Gasteiger partial charge in [0.1, 0.15) is 0 Å². The quantitative estimate of drug-likeness (QED) is 0.729. The second kappa shape index (κ2) is 4.63. The average Bonchev–Trinajstić information content (AvgIpc) is 2.77. The van der Waals surface area contributed by atoms with Crippen molar-refractivity contribution in [2.75, 3.05) is 13.1 Å². The van der Waals surface area contributed by atoms with E-state index in [9.17, 15) is 0 Å². The van der Waals surface area contributed by atoms with E-state index in [2.05, 4.69) is 44.8 Å². The molecule has 1 rings (SSSR count). The van der Waals surface area contributed by atoms with Crippen molar-refractivity contribution in [1.82, 2.24) is 10.2 Å². The molecule has 2 heteroatoms. The number of nitrogens with one attached hydrogen (secondary N) is 1. The van der Waals surface area contributed by atoms with Crippen LogP contribution in [0.2, 0.25) is 0 Å². The monoisotopic (exact) mass is 198 g/mol. The van der Waals surface area contributed by atoms with E-state index in [1.165, 1.54) is 19.4 Å². The molecule has 0 saturated heterocycles. The molecule has 1 N–H and O–H groups in total. The average molecular weight is 198 g/mol. The molecule has 0 amide bonds. The minimum absolute atomic E-state index is 0.256. The van der Waals surface area contributed by atoms with Crippen molar-refractivity contribution in [3.05, 3.63) is 0 Å². The minimum Gasteiger partial charge on any atom is -0.311 e. The Morgan fingerprint density at radius 3 is 2.21 bits per heavy atom. The van der Waals surface area contributed by atoms with Crippen LogP contribution < -0.4 is 5.32 Å². The fraction of sp³-hybridized carbons (Fsp3) is 1.00. The Morgan fingerprint density at radius 2 is 1.86 bits per heavy atom. The van der Waals surface area contributed by atoms with E-state index in [-0.39, 0.29) is 5.54 Å². The first-order valence-electron chi connectivity index (χ1n) is 5.91. The van der Waals surface area contributed by atoms with Gasteiger partial charge in [0.15, 0.2) is 0 Å². The fourth-order valence-electron chi connectivity index (χ4n) is 1.83. The first-order valence-corrected chi connectivity index (χ1v) is 5.91. The largest absolute Gasteiger partial charge is 0.311 e. The second-order valence-corrected chi connectivity index (χ2v) is 5.74. The van der Waals surface area contributed by atoms with Gasteiger partial charge >= 0.3 is 0 Å². The Labute approximate surface area is 89.1 Å². The summed E-state index contributed by atoms with van der Waals surface area (Å²) in [5.41, 5.74) is 0.256. The van der Waals surface area contributed by atoms with Crippen LogP contribution in [-0.2, 0) is 0 Å². The SMILES string of the molecule is CC(C)N(CCNC(C)(C)C)C1CC1. The molecule has 1 saturated carbocycles. The zero-order chi connectivity index (χ0) is 10.8. The van der Waals surface area contributed by atoms with Crippen LogP contribution in [0.15, 0.2) is 0 Å². The molecule has 0 aromatic rings. The van der Waals surface area contributed by atoms with Gasteiger partial charge in [-0.15, -0.1) is 0 Å². The standard InChI is InChI=1S/C12H26N2/c1-10(2)14(11-6-7-11)9-8-13-12(3,4)5/h10-11,13H,6-9H2,1-5H3. The van der Waals surface area contributed by atoms with Crippen LogP contribution in [-0.4, -0.2) is 35.6 Å². The van der Waals surface area contributed by atoms with Crippen molar-refractivity contribution in [3.8, 4) is 0 Å². The van der Waals surface area contributed by atoms with Gasteiger partial charge in [0.2, 0.25) is 0 Å². The van der Waals surface area contributed by atoms with Crippen LogP contribution in [0.1, 0.15) is 47.5 Å². The fourth-order valence-corrected chi connectivity index (χ4v) is 1.83. The van der Waals surface area contributed by atoms with E-state index in [0.29, 0.717) is 6.04 Å². The maximum absolute atomic E-state index is 3.55. The van der Waals surface area contributed by atoms with Crippen molar-refractivity contribution < 1.29 is 0 Å². The van der Waals surface area contributed by atoms with E-state index in [1.54, 1.807) is 0 Å². The van der Waals surface area contributed by atoms with E-state index in [0.717, 1.165) is 12.6 Å². The summed E-state index contributed by atoms with van der Waals surface area (Å²) in [6.45, 7) is 13.6. The van der Waals surface area contributed by atoms with E-state index < -0.39 is 0 Å². The number of rotatable bonds is 5. The molecule has 0 aromatic carbocycles. The molecule has 0 aliphatic heterocycles. The summed E-state index contributed by atoms with van der Waals surface area (Å²) in [5, 5.41) is 3.55. The lowest BCUT2D eigenvalue weighted by molar-refractivity contribution is 0.205. The maximum atomic E-state index is 3.55. The Bertz CT molecular complexity index is 164. The molecular weight excluding hydrogens is 172 g/mol. The number of hydrogen-bond acceptors (Lipinski definition) is 2. The van der Waals surface area contributed by atoms with Crippen LogP contribution in [0.5, 0.6) is 0 Å². The van der Waals surface area contributed by atoms with Gasteiger partial charge in [-0.25, -0.2) is 0 Å². The maximum Gasteiger partial charge on any atom is 0.0113 e. The van der Waals surface area contributed by atoms with Gasteiger partial charge < -0.3 is 5.32 Å². The molecule has 0 bridgehead atoms. The molecule has 1 fully saturated rings. The highest BCUT2D eigenvalue weighted by molar-refractivity contribution is 4.87. The lowest BCUT2D eigenvalue weighted by Gasteiger charge is -2.28. The van der Waals surface area contributed by atoms with E-state index >= 15 is 0 Å².